The first-order valence-corrected chi connectivity index (χ1v) is 10.7. The Balaban J connectivity index is 1.47. The first-order valence-electron chi connectivity index (χ1n) is 9.10. The van der Waals surface area contributed by atoms with Crippen LogP contribution in [0.1, 0.15) is 40.8 Å². The van der Waals surface area contributed by atoms with Crippen molar-refractivity contribution in [2.45, 2.75) is 56.4 Å². The molecule has 0 bridgehead atoms. The van der Waals surface area contributed by atoms with Crippen molar-refractivity contribution in [3.8, 4) is 0 Å². The van der Waals surface area contributed by atoms with Crippen LogP contribution in [0, 0.1) is 0 Å². The number of carbonyl (C=O) groups excluding carboxylic acids is 1. The Hall–Kier alpha value is -2.19. The molecule has 2 aliphatic carbocycles. The van der Waals surface area contributed by atoms with E-state index in [2.05, 4.69) is 20.8 Å². The van der Waals surface area contributed by atoms with E-state index in [4.69, 9.17) is 5.14 Å². The van der Waals surface area contributed by atoms with Gasteiger partial charge < -0.3 is 5.32 Å². The number of fused-ring (bicyclic) bond motifs is 3. The summed E-state index contributed by atoms with van der Waals surface area (Å²) in [6.07, 6.45) is 8.35. The van der Waals surface area contributed by atoms with Crippen LogP contribution >= 0.6 is 0 Å². The Bertz CT molecular complexity index is 1030. The fourth-order valence-corrected chi connectivity index (χ4v) is 5.29. The van der Waals surface area contributed by atoms with Crippen LogP contribution in [0.3, 0.4) is 0 Å². The second kappa shape index (κ2) is 5.65. The maximum absolute atomic E-state index is 13.0. The molecule has 1 atom stereocenters. The van der Waals surface area contributed by atoms with Crippen molar-refractivity contribution in [3.63, 3.8) is 0 Å². The fourth-order valence-electron chi connectivity index (χ4n) is 4.16. The summed E-state index contributed by atoms with van der Waals surface area (Å²) in [6.45, 7) is 0.791. The van der Waals surface area contributed by atoms with Crippen molar-refractivity contribution >= 4 is 21.6 Å². The number of amides is 2. The Morgan fingerprint density at radius 2 is 1.88 bits per heavy atom. The van der Waals surface area contributed by atoms with E-state index in [0.29, 0.717) is 4.90 Å². The van der Waals surface area contributed by atoms with Gasteiger partial charge in [0.2, 0.25) is 0 Å². The predicted octanol–water partition coefficient (Wildman–Crippen LogP) is 2.35. The number of aromatic nitrogens is 2. The van der Waals surface area contributed by atoms with Crippen molar-refractivity contribution in [3.05, 3.63) is 40.2 Å². The molecule has 2 heterocycles. The van der Waals surface area contributed by atoms with Crippen molar-refractivity contribution in [1.29, 1.82) is 0 Å². The molecule has 136 valence electrons. The molecule has 0 saturated carbocycles. The van der Waals surface area contributed by atoms with Gasteiger partial charge in [-0.25, -0.2) is 14.1 Å². The van der Waals surface area contributed by atoms with Crippen LogP contribution in [0.4, 0.5) is 10.5 Å². The average Bonchev–Trinajstić information content (AvgIpc) is 2.96. The molecule has 8 heteroatoms. The number of benzene rings is 1. The van der Waals surface area contributed by atoms with E-state index in [1.54, 1.807) is 0 Å². The van der Waals surface area contributed by atoms with Crippen LogP contribution < -0.4 is 10.5 Å². The van der Waals surface area contributed by atoms with Gasteiger partial charge in [-0.15, -0.1) is 4.36 Å². The SMILES string of the molecule is NS(=O)(=NC(=O)Nc1c2c(cc3c1CC3)CC2)c1cnn2c1CCCC2. The molecule has 1 unspecified atom stereocenters. The number of hydrogen-bond donors (Lipinski definition) is 2. The summed E-state index contributed by atoms with van der Waals surface area (Å²) < 4.78 is 18.6. The van der Waals surface area contributed by atoms with Gasteiger partial charge in [0.1, 0.15) is 14.8 Å². The van der Waals surface area contributed by atoms with E-state index in [1.165, 1.54) is 28.5 Å². The minimum Gasteiger partial charge on any atom is -0.305 e. The number of urea groups is 1. The van der Waals surface area contributed by atoms with Crippen LogP contribution in [0.5, 0.6) is 0 Å². The molecule has 0 fully saturated rings. The lowest BCUT2D eigenvalue weighted by atomic mass is 9.76. The zero-order valence-electron chi connectivity index (χ0n) is 14.5. The van der Waals surface area contributed by atoms with Crippen LogP contribution in [0.2, 0.25) is 0 Å². The molecule has 3 N–H and O–H groups in total. The van der Waals surface area contributed by atoms with Crippen LogP contribution in [-0.2, 0) is 48.6 Å². The average molecular weight is 371 g/mol. The summed E-state index contributed by atoms with van der Waals surface area (Å²) in [7, 11) is -3.31. The lowest BCUT2D eigenvalue weighted by molar-refractivity contribution is 0.260. The standard InChI is InChI=1S/C18H21N5O2S/c19-26(25,16-10-20-23-8-2-1-3-15(16)23)22-18(24)21-17-13-6-4-11(13)9-12-5-7-14(12)17/h9-10H,1-8H2,(H3,19,21,22,24,25). The van der Waals surface area contributed by atoms with E-state index < -0.39 is 15.9 Å². The summed E-state index contributed by atoms with van der Waals surface area (Å²) in [5.74, 6) is 0. The molecular weight excluding hydrogens is 350 g/mol. The molecule has 3 aliphatic rings. The normalized spacial score (nSPS) is 19.1. The number of nitrogens with one attached hydrogen (secondary N) is 1. The third-order valence-electron chi connectivity index (χ3n) is 5.73. The minimum absolute atomic E-state index is 0.390. The van der Waals surface area contributed by atoms with Crippen molar-refractivity contribution in [2.75, 3.05) is 5.32 Å². The number of rotatable bonds is 2. The van der Waals surface area contributed by atoms with Gasteiger partial charge in [-0.05, 0) is 67.2 Å². The monoisotopic (exact) mass is 371 g/mol. The molecule has 1 aromatic carbocycles. The lowest BCUT2D eigenvalue weighted by Gasteiger charge is -2.31. The number of anilines is 1. The highest BCUT2D eigenvalue weighted by atomic mass is 32.2. The van der Waals surface area contributed by atoms with Gasteiger partial charge in [0.25, 0.3) is 0 Å². The number of aryl methyl sites for hydroxylation is 3. The summed E-state index contributed by atoms with van der Waals surface area (Å²) >= 11 is 0. The predicted molar refractivity (Wildman–Crippen MR) is 98.5 cm³/mol. The fraction of sp³-hybridized carbons (Fsp3) is 0.444. The van der Waals surface area contributed by atoms with Crippen molar-refractivity contribution in [1.82, 2.24) is 9.78 Å². The van der Waals surface area contributed by atoms with Crippen LogP contribution in [0.15, 0.2) is 21.5 Å². The smallest absolute Gasteiger partial charge is 0.305 e. The molecular formula is C18H21N5O2S. The third-order valence-corrected chi connectivity index (χ3v) is 7.13. The van der Waals surface area contributed by atoms with Crippen LogP contribution in [-0.4, -0.2) is 20.0 Å². The minimum atomic E-state index is -3.31. The van der Waals surface area contributed by atoms with Gasteiger partial charge >= 0.3 is 6.03 Å². The number of nitrogens with zero attached hydrogens (tertiary/aromatic N) is 3. The quantitative estimate of drug-likeness (QED) is 0.847. The Kier molecular flexibility index (Phi) is 3.48. The molecule has 1 aromatic heterocycles. The molecule has 26 heavy (non-hydrogen) atoms. The second-order valence-corrected chi connectivity index (χ2v) is 9.01. The molecule has 2 amide bonds. The van der Waals surface area contributed by atoms with Gasteiger partial charge in [-0.1, -0.05) is 6.07 Å². The molecule has 2 aromatic rings. The maximum atomic E-state index is 13.0. The highest BCUT2D eigenvalue weighted by Crippen LogP contribution is 2.40. The number of hydrogen-bond acceptors (Lipinski definition) is 3. The van der Waals surface area contributed by atoms with Gasteiger partial charge in [0.15, 0.2) is 0 Å². The van der Waals surface area contributed by atoms with E-state index in [9.17, 15) is 9.00 Å². The van der Waals surface area contributed by atoms with Gasteiger partial charge in [-0.3, -0.25) is 4.68 Å². The maximum Gasteiger partial charge on any atom is 0.354 e. The highest BCUT2D eigenvalue weighted by Gasteiger charge is 2.28. The Labute approximate surface area is 152 Å². The highest BCUT2D eigenvalue weighted by molar-refractivity contribution is 7.91. The molecule has 1 aliphatic heterocycles. The Morgan fingerprint density at radius 3 is 2.54 bits per heavy atom. The second-order valence-electron chi connectivity index (χ2n) is 7.25. The molecule has 0 radical (unpaired) electrons. The zero-order chi connectivity index (χ0) is 17.9. The zero-order valence-corrected chi connectivity index (χ0v) is 15.3. The largest absolute Gasteiger partial charge is 0.354 e. The van der Waals surface area contributed by atoms with E-state index in [0.717, 1.165) is 62.9 Å². The summed E-state index contributed by atoms with van der Waals surface area (Å²) in [5, 5.41) is 13.1. The topological polar surface area (TPSA) is 102 Å². The van der Waals surface area contributed by atoms with Gasteiger partial charge in [0, 0.05) is 12.2 Å². The first kappa shape index (κ1) is 16.0. The Morgan fingerprint density at radius 1 is 1.15 bits per heavy atom. The third kappa shape index (κ3) is 2.39. The molecule has 0 saturated heterocycles. The first-order chi connectivity index (χ1) is 12.5. The molecule has 7 nitrogen and oxygen atoms in total. The van der Waals surface area contributed by atoms with E-state index >= 15 is 0 Å². The van der Waals surface area contributed by atoms with Crippen molar-refractivity contribution in [2.24, 2.45) is 9.50 Å². The molecule has 5 rings (SSSR count). The summed E-state index contributed by atoms with van der Waals surface area (Å²) in [6, 6.07) is 1.61. The van der Waals surface area contributed by atoms with Gasteiger partial charge in [0.05, 0.1) is 11.9 Å². The number of carbonyl (C=O) groups is 1. The van der Waals surface area contributed by atoms with Crippen molar-refractivity contribution < 1.29 is 9.00 Å². The van der Waals surface area contributed by atoms with Gasteiger partial charge in [-0.2, -0.15) is 5.10 Å². The number of nitrogens with two attached hydrogens (primary N) is 1. The lowest BCUT2D eigenvalue weighted by Crippen LogP contribution is -2.25. The summed E-state index contributed by atoms with van der Waals surface area (Å²) in [5.41, 5.74) is 6.71. The summed E-state index contributed by atoms with van der Waals surface area (Å²) in [4.78, 5) is 12.9. The molecule has 0 spiro atoms. The van der Waals surface area contributed by atoms with E-state index in [-0.39, 0.29) is 0 Å². The van der Waals surface area contributed by atoms with E-state index in [1.807, 2.05) is 4.68 Å². The van der Waals surface area contributed by atoms with Crippen LogP contribution in [0.25, 0.3) is 0 Å².